The average Bonchev–Trinajstić information content (AvgIpc) is 1.25. The molecule has 50 valence electrons. The molecular weight excluding hydrogens is 124 g/mol. The number of hydrogen-bond donors (Lipinski definition) is 1. The lowest BCUT2D eigenvalue weighted by Gasteiger charge is -2.30. The predicted molar refractivity (Wildman–Crippen MR) is 36.2 cm³/mol. The van der Waals surface area contributed by atoms with Crippen LogP contribution in [0.5, 0.6) is 0 Å². The van der Waals surface area contributed by atoms with Gasteiger partial charge in [-0.2, -0.15) is 0 Å². The molecule has 0 amide bonds. The quantitative estimate of drug-likeness (QED) is 0.545. The van der Waals surface area contributed by atoms with E-state index in [1.807, 2.05) is 0 Å². The molecule has 0 bridgehead atoms. The molecule has 0 saturated heterocycles. The molecular formula is C6H13ClO. The Bertz CT molecular complexity index is 63.5. The second-order valence-electron chi connectivity index (χ2n) is 3.03. The van der Waals surface area contributed by atoms with Crippen molar-refractivity contribution in [3.63, 3.8) is 0 Å². The summed E-state index contributed by atoms with van der Waals surface area (Å²) in [4.78, 5) is -0.535. The molecule has 0 fully saturated rings. The number of alkyl halides is 1. The molecule has 0 aromatic rings. The van der Waals surface area contributed by atoms with Gasteiger partial charge in [-0.1, -0.05) is 0 Å². The molecule has 0 saturated carbocycles. The smallest absolute Gasteiger partial charge is 0.0777 e. The van der Waals surface area contributed by atoms with Gasteiger partial charge in [-0.25, -0.2) is 0 Å². The Balaban J connectivity index is 4.02. The van der Waals surface area contributed by atoms with E-state index in [1.165, 1.54) is 0 Å². The SMILES string of the molecule is CC(C)(O)C(C)(C)Cl. The van der Waals surface area contributed by atoms with E-state index >= 15 is 0 Å². The summed E-state index contributed by atoms with van der Waals surface area (Å²) < 4.78 is 0. The zero-order chi connectivity index (χ0) is 7.00. The third-order valence-corrected chi connectivity index (χ3v) is 1.92. The normalized spacial score (nSPS) is 14.2. The number of halogens is 1. The second kappa shape index (κ2) is 1.89. The highest BCUT2D eigenvalue weighted by Gasteiger charge is 2.32. The molecule has 0 aliphatic heterocycles. The van der Waals surface area contributed by atoms with Gasteiger partial charge in [0.1, 0.15) is 0 Å². The molecule has 2 heteroatoms. The molecule has 1 nitrogen and oxygen atoms in total. The predicted octanol–water partition coefficient (Wildman–Crippen LogP) is 1.77. The van der Waals surface area contributed by atoms with Crippen molar-refractivity contribution in [1.82, 2.24) is 0 Å². The Morgan fingerprint density at radius 2 is 1.25 bits per heavy atom. The van der Waals surface area contributed by atoms with Crippen molar-refractivity contribution in [2.45, 2.75) is 38.2 Å². The zero-order valence-electron chi connectivity index (χ0n) is 5.83. The van der Waals surface area contributed by atoms with Crippen molar-refractivity contribution < 1.29 is 5.11 Å². The van der Waals surface area contributed by atoms with Gasteiger partial charge in [0.25, 0.3) is 0 Å². The van der Waals surface area contributed by atoms with Gasteiger partial charge < -0.3 is 5.11 Å². The molecule has 0 rings (SSSR count). The monoisotopic (exact) mass is 136 g/mol. The minimum Gasteiger partial charge on any atom is -0.389 e. The third-order valence-electron chi connectivity index (χ3n) is 1.45. The Kier molecular flexibility index (Phi) is 1.95. The summed E-state index contributed by atoms with van der Waals surface area (Å²) >= 11 is 5.76. The van der Waals surface area contributed by atoms with Gasteiger partial charge in [-0.3, -0.25) is 0 Å². The molecule has 0 atom stereocenters. The highest BCUT2D eigenvalue weighted by Crippen LogP contribution is 2.26. The topological polar surface area (TPSA) is 20.2 Å². The van der Waals surface area contributed by atoms with Crippen LogP contribution in [0, 0.1) is 0 Å². The van der Waals surface area contributed by atoms with Crippen molar-refractivity contribution in [3.05, 3.63) is 0 Å². The largest absolute Gasteiger partial charge is 0.389 e. The van der Waals surface area contributed by atoms with Gasteiger partial charge in [0.05, 0.1) is 10.5 Å². The maximum absolute atomic E-state index is 9.22. The van der Waals surface area contributed by atoms with E-state index in [-0.39, 0.29) is 0 Å². The Morgan fingerprint density at radius 1 is 1.12 bits per heavy atom. The lowest BCUT2D eigenvalue weighted by atomic mass is 9.94. The number of hydrogen-bond acceptors (Lipinski definition) is 1. The lowest BCUT2D eigenvalue weighted by Crippen LogP contribution is -2.39. The summed E-state index contributed by atoms with van der Waals surface area (Å²) in [6, 6.07) is 0. The van der Waals surface area contributed by atoms with Crippen molar-refractivity contribution in [2.24, 2.45) is 0 Å². The van der Waals surface area contributed by atoms with Gasteiger partial charge in [0.15, 0.2) is 0 Å². The fourth-order valence-electron chi connectivity index (χ4n) is 0. The first-order valence-corrected chi connectivity index (χ1v) is 3.04. The summed E-state index contributed by atoms with van der Waals surface area (Å²) in [7, 11) is 0. The fourth-order valence-corrected chi connectivity index (χ4v) is 0. The molecule has 0 heterocycles. The zero-order valence-corrected chi connectivity index (χ0v) is 6.58. The summed E-state index contributed by atoms with van der Waals surface area (Å²) in [5, 5.41) is 9.22. The Morgan fingerprint density at radius 3 is 1.25 bits per heavy atom. The average molecular weight is 137 g/mol. The van der Waals surface area contributed by atoms with E-state index < -0.39 is 10.5 Å². The van der Waals surface area contributed by atoms with Crippen molar-refractivity contribution in [2.75, 3.05) is 0 Å². The lowest BCUT2D eigenvalue weighted by molar-refractivity contribution is 0.0461. The number of aliphatic hydroxyl groups is 1. The van der Waals surface area contributed by atoms with E-state index in [1.54, 1.807) is 27.7 Å². The van der Waals surface area contributed by atoms with Gasteiger partial charge >= 0.3 is 0 Å². The van der Waals surface area contributed by atoms with E-state index in [0.717, 1.165) is 0 Å². The standard InChI is InChI=1S/C6H13ClO/c1-5(2,7)6(3,4)8/h8H,1-4H3. The van der Waals surface area contributed by atoms with E-state index in [0.29, 0.717) is 0 Å². The van der Waals surface area contributed by atoms with Gasteiger partial charge in [-0.05, 0) is 27.7 Å². The molecule has 0 aromatic carbocycles. The summed E-state index contributed by atoms with van der Waals surface area (Å²) in [5.41, 5.74) is -0.797. The second-order valence-corrected chi connectivity index (χ2v) is 3.98. The Hall–Kier alpha value is 0.250. The first-order chi connectivity index (χ1) is 3.25. The van der Waals surface area contributed by atoms with Crippen molar-refractivity contribution in [3.8, 4) is 0 Å². The van der Waals surface area contributed by atoms with E-state index in [4.69, 9.17) is 11.6 Å². The first-order valence-electron chi connectivity index (χ1n) is 2.66. The van der Waals surface area contributed by atoms with Gasteiger partial charge in [0.2, 0.25) is 0 Å². The van der Waals surface area contributed by atoms with Crippen molar-refractivity contribution in [1.29, 1.82) is 0 Å². The maximum Gasteiger partial charge on any atom is 0.0777 e. The highest BCUT2D eigenvalue weighted by atomic mass is 35.5. The molecule has 0 aliphatic carbocycles. The third kappa shape index (κ3) is 2.01. The minimum atomic E-state index is -0.797. The van der Waals surface area contributed by atoms with Crippen LogP contribution in [0.1, 0.15) is 27.7 Å². The van der Waals surface area contributed by atoms with Crippen LogP contribution < -0.4 is 0 Å². The first kappa shape index (κ1) is 8.25. The van der Waals surface area contributed by atoms with E-state index in [2.05, 4.69) is 0 Å². The summed E-state index contributed by atoms with van der Waals surface area (Å²) in [5.74, 6) is 0. The van der Waals surface area contributed by atoms with Gasteiger partial charge in [0, 0.05) is 0 Å². The maximum atomic E-state index is 9.22. The molecule has 0 aromatic heterocycles. The molecule has 0 aliphatic rings. The fraction of sp³-hybridized carbons (Fsp3) is 1.00. The molecule has 0 unspecified atom stereocenters. The highest BCUT2D eigenvalue weighted by molar-refractivity contribution is 6.24. The summed E-state index contributed by atoms with van der Waals surface area (Å²) in [6.45, 7) is 6.96. The van der Waals surface area contributed by atoms with Crippen LogP contribution in [0.2, 0.25) is 0 Å². The van der Waals surface area contributed by atoms with Crippen LogP contribution >= 0.6 is 11.6 Å². The molecule has 0 radical (unpaired) electrons. The van der Waals surface area contributed by atoms with E-state index in [9.17, 15) is 5.11 Å². The molecule has 0 spiro atoms. The van der Waals surface area contributed by atoms with Crippen molar-refractivity contribution >= 4 is 11.6 Å². The van der Waals surface area contributed by atoms with Crippen LogP contribution in [-0.4, -0.2) is 15.6 Å². The van der Waals surface area contributed by atoms with Gasteiger partial charge in [-0.15, -0.1) is 11.6 Å². The summed E-state index contributed by atoms with van der Waals surface area (Å²) in [6.07, 6.45) is 0. The molecule has 1 N–H and O–H groups in total. The van der Waals surface area contributed by atoms with Crippen LogP contribution in [0.4, 0.5) is 0 Å². The number of rotatable bonds is 1. The van der Waals surface area contributed by atoms with Crippen LogP contribution in [0.3, 0.4) is 0 Å². The van der Waals surface area contributed by atoms with Crippen LogP contribution in [-0.2, 0) is 0 Å². The van der Waals surface area contributed by atoms with Crippen LogP contribution in [0.15, 0.2) is 0 Å². The molecule has 8 heavy (non-hydrogen) atoms. The Labute approximate surface area is 55.7 Å². The minimum absolute atomic E-state index is 0.535. The van der Waals surface area contributed by atoms with Crippen LogP contribution in [0.25, 0.3) is 0 Å².